The van der Waals surface area contributed by atoms with Gasteiger partial charge in [0.15, 0.2) is 0 Å². The average molecular weight is 733 g/mol. The van der Waals surface area contributed by atoms with E-state index < -0.39 is 41.1 Å². The molecule has 3 rings (SSSR count). The molecule has 2 aliphatic heterocycles. The molecule has 0 radical (unpaired) electrons. The Morgan fingerprint density at radius 1 is 1.00 bits per heavy atom. The minimum atomic E-state index is -0.957. The molecule has 0 spiro atoms. The lowest BCUT2D eigenvalue weighted by Crippen LogP contribution is -2.55. The molecular weight excluding hydrogens is 664 g/mol. The van der Waals surface area contributed by atoms with Crippen molar-refractivity contribution in [1.29, 1.82) is 0 Å². The first-order chi connectivity index (χ1) is 24.6. The van der Waals surface area contributed by atoms with Crippen molar-refractivity contribution >= 4 is 17.7 Å². The molecular formula is C42H68O10. The van der Waals surface area contributed by atoms with Gasteiger partial charge < -0.3 is 24.8 Å². The molecule has 2 fully saturated rings. The van der Waals surface area contributed by atoms with Gasteiger partial charge in [0.2, 0.25) is 0 Å². The normalized spacial score (nSPS) is 28.5. The third kappa shape index (κ3) is 10.4. The molecule has 52 heavy (non-hydrogen) atoms. The second-order valence-corrected chi connectivity index (χ2v) is 15.9. The SMILES string of the molecule is CCCCCCCC(=O)OOC(=O)c1c(CC[C@@H](C)[C@H](O)[C@H](C)C(=O)[C@H](CC)[C@H]2O[C@](CC)([C@H]3CC[C@](O)(CC)[C@H](C)O3)C[C@@H]2C)ccc(C)c1O. The number of aliphatic hydroxyl groups is 2. The minimum absolute atomic E-state index is 0.0340. The van der Waals surface area contributed by atoms with Crippen LogP contribution in [0.5, 0.6) is 5.75 Å². The molecule has 10 atom stereocenters. The van der Waals surface area contributed by atoms with Crippen molar-refractivity contribution in [2.75, 3.05) is 0 Å². The molecule has 2 aliphatic rings. The Morgan fingerprint density at radius 2 is 1.69 bits per heavy atom. The highest BCUT2D eigenvalue weighted by atomic mass is 17.2. The van der Waals surface area contributed by atoms with Crippen LogP contribution >= 0.6 is 0 Å². The summed E-state index contributed by atoms with van der Waals surface area (Å²) in [5.74, 6) is -3.14. The number of aryl methyl sites for hydroxylation is 2. The van der Waals surface area contributed by atoms with Crippen molar-refractivity contribution in [2.24, 2.45) is 23.7 Å². The fraction of sp³-hybridized carbons (Fsp3) is 0.786. The predicted octanol–water partition coefficient (Wildman–Crippen LogP) is 8.12. The molecule has 0 aliphatic carbocycles. The van der Waals surface area contributed by atoms with E-state index >= 15 is 0 Å². The van der Waals surface area contributed by atoms with Gasteiger partial charge in [-0.2, -0.15) is 0 Å². The van der Waals surface area contributed by atoms with Crippen molar-refractivity contribution in [3.8, 4) is 5.75 Å². The van der Waals surface area contributed by atoms with Crippen LogP contribution in [0.2, 0.25) is 0 Å². The quantitative estimate of drug-likeness (QED) is 0.0723. The molecule has 2 saturated heterocycles. The van der Waals surface area contributed by atoms with Gasteiger partial charge in [-0.3, -0.25) is 4.79 Å². The molecule has 296 valence electrons. The van der Waals surface area contributed by atoms with E-state index in [0.29, 0.717) is 56.1 Å². The van der Waals surface area contributed by atoms with E-state index in [4.69, 9.17) is 19.2 Å². The highest BCUT2D eigenvalue weighted by Crippen LogP contribution is 2.48. The number of aromatic hydroxyl groups is 1. The van der Waals surface area contributed by atoms with Crippen molar-refractivity contribution < 1.29 is 49.0 Å². The lowest BCUT2D eigenvalue weighted by atomic mass is 9.76. The number of hydrogen-bond acceptors (Lipinski definition) is 10. The zero-order valence-electron chi connectivity index (χ0n) is 33.4. The van der Waals surface area contributed by atoms with Crippen LogP contribution in [0.4, 0.5) is 0 Å². The topological polar surface area (TPSA) is 149 Å². The Bertz CT molecular complexity index is 1330. The molecule has 0 unspecified atom stereocenters. The van der Waals surface area contributed by atoms with E-state index in [0.717, 1.165) is 38.5 Å². The van der Waals surface area contributed by atoms with Gasteiger partial charge >= 0.3 is 11.9 Å². The van der Waals surface area contributed by atoms with E-state index in [1.165, 1.54) is 0 Å². The molecule has 1 aromatic carbocycles. The number of benzene rings is 1. The number of ether oxygens (including phenoxy) is 2. The third-order valence-corrected chi connectivity index (χ3v) is 12.3. The van der Waals surface area contributed by atoms with Gasteiger partial charge in [-0.25, -0.2) is 19.4 Å². The fourth-order valence-corrected chi connectivity index (χ4v) is 8.48. The molecule has 10 heteroatoms. The highest BCUT2D eigenvalue weighted by molar-refractivity contribution is 5.94. The molecule has 1 aromatic rings. The number of hydrogen-bond donors (Lipinski definition) is 3. The smallest absolute Gasteiger partial charge is 0.390 e. The third-order valence-electron chi connectivity index (χ3n) is 12.3. The summed E-state index contributed by atoms with van der Waals surface area (Å²) in [5.41, 5.74) is -0.491. The van der Waals surface area contributed by atoms with Crippen LogP contribution in [-0.2, 0) is 35.3 Å². The number of phenolic OH excluding ortho intramolecular Hbond substituents is 1. The van der Waals surface area contributed by atoms with Crippen LogP contribution in [0, 0.1) is 30.6 Å². The van der Waals surface area contributed by atoms with Crippen molar-refractivity contribution in [3.63, 3.8) is 0 Å². The molecule has 0 bridgehead atoms. The van der Waals surface area contributed by atoms with E-state index in [1.54, 1.807) is 26.0 Å². The van der Waals surface area contributed by atoms with Gasteiger partial charge in [0.05, 0.1) is 42.0 Å². The van der Waals surface area contributed by atoms with Crippen LogP contribution in [0.1, 0.15) is 160 Å². The number of Topliss-reactive ketones (excluding diaryl/α,β-unsaturated/α-hetero) is 1. The summed E-state index contributed by atoms with van der Waals surface area (Å²) in [5, 5.41) is 33.3. The number of unbranched alkanes of at least 4 members (excludes halogenated alkanes) is 4. The fourth-order valence-electron chi connectivity index (χ4n) is 8.48. The lowest BCUT2D eigenvalue weighted by molar-refractivity contribution is -0.234. The summed E-state index contributed by atoms with van der Waals surface area (Å²) >= 11 is 0. The first-order valence-electron chi connectivity index (χ1n) is 20.1. The Morgan fingerprint density at radius 3 is 2.31 bits per heavy atom. The van der Waals surface area contributed by atoms with Gasteiger partial charge in [0, 0.05) is 11.8 Å². The summed E-state index contributed by atoms with van der Waals surface area (Å²) in [4.78, 5) is 49.0. The first kappa shape index (κ1) is 43.9. The maximum absolute atomic E-state index is 14.1. The number of ketones is 1. The van der Waals surface area contributed by atoms with Crippen molar-refractivity contribution in [3.05, 3.63) is 28.8 Å². The summed E-state index contributed by atoms with van der Waals surface area (Å²) in [6, 6.07) is 3.42. The van der Waals surface area contributed by atoms with Gasteiger partial charge in [-0.15, -0.1) is 0 Å². The maximum Gasteiger partial charge on any atom is 0.390 e. The zero-order chi connectivity index (χ0) is 38.8. The van der Waals surface area contributed by atoms with Crippen LogP contribution in [0.3, 0.4) is 0 Å². The second-order valence-electron chi connectivity index (χ2n) is 15.9. The standard InChI is InChI=1S/C42H68O10/c1-10-14-15-16-17-18-34(43)51-52-40(47)35-31(22-20-27(6)37(35)45)21-19-26(5)36(44)29(8)38(46)32(11-2)39-28(7)25-42(13-4,50-39)33-23-24-41(48,12-3)30(9)49-33/h20,22,26,28-30,32-33,36,39,44-45,48H,10-19,21,23-25H2,1-9H3/t26-,28+,29+,30+,32+,33-,36+,39+,41-,42+/m1/s1. The summed E-state index contributed by atoms with van der Waals surface area (Å²) in [6.07, 6.45) is 7.94. The Labute approximate surface area is 312 Å². The van der Waals surface area contributed by atoms with Gasteiger partial charge in [-0.05, 0) is 94.6 Å². The van der Waals surface area contributed by atoms with Crippen LogP contribution < -0.4 is 0 Å². The molecule has 10 nitrogen and oxygen atoms in total. The number of rotatable bonds is 19. The minimum Gasteiger partial charge on any atom is -0.507 e. The predicted molar refractivity (Wildman–Crippen MR) is 200 cm³/mol. The van der Waals surface area contributed by atoms with Crippen molar-refractivity contribution in [1.82, 2.24) is 0 Å². The van der Waals surface area contributed by atoms with E-state index in [1.807, 2.05) is 27.7 Å². The molecule has 2 heterocycles. The first-order valence-corrected chi connectivity index (χ1v) is 20.1. The maximum atomic E-state index is 14.1. The van der Waals surface area contributed by atoms with E-state index in [9.17, 15) is 29.7 Å². The molecule has 0 aromatic heterocycles. The number of aliphatic hydroxyl groups excluding tert-OH is 1. The number of phenols is 1. The summed E-state index contributed by atoms with van der Waals surface area (Å²) < 4.78 is 13.3. The van der Waals surface area contributed by atoms with Crippen LogP contribution in [0.25, 0.3) is 0 Å². The Hall–Kier alpha value is -2.53. The average Bonchev–Trinajstić information content (AvgIpc) is 3.48. The van der Waals surface area contributed by atoms with Gasteiger partial charge in [0.1, 0.15) is 17.1 Å². The molecule has 0 saturated carbocycles. The molecule has 3 N–H and O–H groups in total. The molecule has 0 amide bonds. The summed E-state index contributed by atoms with van der Waals surface area (Å²) in [7, 11) is 0. The number of carbonyl (C=O) groups is 3. The zero-order valence-corrected chi connectivity index (χ0v) is 33.4. The highest BCUT2D eigenvalue weighted by Gasteiger charge is 2.55. The van der Waals surface area contributed by atoms with Gasteiger partial charge in [-0.1, -0.05) is 86.3 Å². The van der Waals surface area contributed by atoms with E-state index in [2.05, 4.69) is 20.8 Å². The van der Waals surface area contributed by atoms with E-state index in [-0.39, 0.29) is 53.7 Å². The van der Waals surface area contributed by atoms with Crippen LogP contribution in [-0.4, -0.2) is 68.7 Å². The largest absolute Gasteiger partial charge is 0.507 e. The Balaban J connectivity index is 1.63. The lowest BCUT2D eigenvalue weighted by Gasteiger charge is -2.47. The number of carbonyl (C=O) groups excluding carboxylic acids is 3. The monoisotopic (exact) mass is 732 g/mol. The Kier molecular flexibility index (Phi) is 16.6. The van der Waals surface area contributed by atoms with Crippen molar-refractivity contribution in [2.45, 2.75) is 188 Å². The second kappa shape index (κ2) is 19.7. The van der Waals surface area contributed by atoms with Crippen LogP contribution in [0.15, 0.2) is 12.1 Å². The van der Waals surface area contributed by atoms with Gasteiger partial charge in [0.25, 0.3) is 0 Å². The summed E-state index contributed by atoms with van der Waals surface area (Å²) in [6.45, 7) is 17.6.